The van der Waals surface area contributed by atoms with Gasteiger partial charge in [-0.1, -0.05) is 28.1 Å². The highest BCUT2D eigenvalue weighted by Gasteiger charge is 2.16. The first-order valence-corrected chi connectivity index (χ1v) is 6.64. The van der Waals surface area contributed by atoms with Gasteiger partial charge in [0.15, 0.2) is 0 Å². The summed E-state index contributed by atoms with van der Waals surface area (Å²) in [6.07, 6.45) is 0.523. The smallest absolute Gasteiger partial charge is 0.237 e. The SMILES string of the molecule is COCCC(N)C(=O)N[C@@H](C)c1ccc(Br)cc1. The second-order valence-corrected chi connectivity index (χ2v) is 5.09. The van der Waals surface area contributed by atoms with Crippen LogP contribution in [0.25, 0.3) is 0 Å². The van der Waals surface area contributed by atoms with Crippen molar-refractivity contribution >= 4 is 21.8 Å². The van der Waals surface area contributed by atoms with Crippen LogP contribution in [0, 0.1) is 0 Å². The van der Waals surface area contributed by atoms with E-state index in [9.17, 15) is 4.79 Å². The molecule has 0 saturated carbocycles. The zero-order valence-electron chi connectivity index (χ0n) is 10.7. The summed E-state index contributed by atoms with van der Waals surface area (Å²) in [5.41, 5.74) is 6.80. The van der Waals surface area contributed by atoms with Gasteiger partial charge in [-0.3, -0.25) is 4.79 Å². The Hall–Kier alpha value is -0.910. The van der Waals surface area contributed by atoms with Crippen molar-refractivity contribution in [1.29, 1.82) is 0 Å². The molecule has 18 heavy (non-hydrogen) atoms. The largest absolute Gasteiger partial charge is 0.385 e. The molecule has 0 fully saturated rings. The molecule has 0 aromatic heterocycles. The number of carbonyl (C=O) groups excluding carboxylic acids is 1. The molecule has 100 valence electrons. The van der Waals surface area contributed by atoms with Gasteiger partial charge >= 0.3 is 0 Å². The first kappa shape index (κ1) is 15.1. The van der Waals surface area contributed by atoms with Crippen LogP contribution >= 0.6 is 15.9 Å². The highest BCUT2D eigenvalue weighted by Crippen LogP contribution is 2.16. The topological polar surface area (TPSA) is 64.3 Å². The van der Waals surface area contributed by atoms with Crippen LogP contribution < -0.4 is 11.1 Å². The van der Waals surface area contributed by atoms with Crippen LogP contribution in [0.2, 0.25) is 0 Å². The predicted molar refractivity (Wildman–Crippen MR) is 75.2 cm³/mol. The van der Waals surface area contributed by atoms with Gasteiger partial charge in [0.1, 0.15) is 0 Å². The lowest BCUT2D eigenvalue weighted by Crippen LogP contribution is -2.42. The van der Waals surface area contributed by atoms with Crippen molar-refractivity contribution in [3.63, 3.8) is 0 Å². The number of rotatable bonds is 6. The average molecular weight is 315 g/mol. The van der Waals surface area contributed by atoms with Crippen LogP contribution in [-0.2, 0) is 9.53 Å². The van der Waals surface area contributed by atoms with E-state index in [1.807, 2.05) is 31.2 Å². The molecule has 0 spiro atoms. The van der Waals surface area contributed by atoms with Crippen LogP contribution in [-0.4, -0.2) is 25.7 Å². The van der Waals surface area contributed by atoms with Gasteiger partial charge in [0.2, 0.25) is 5.91 Å². The molecule has 1 aromatic rings. The molecule has 2 atom stereocenters. The van der Waals surface area contributed by atoms with Crippen LogP contribution in [0.4, 0.5) is 0 Å². The van der Waals surface area contributed by atoms with E-state index in [2.05, 4.69) is 21.2 Å². The summed E-state index contributed by atoms with van der Waals surface area (Å²) in [4.78, 5) is 11.8. The number of halogens is 1. The number of carbonyl (C=O) groups is 1. The van der Waals surface area contributed by atoms with E-state index in [1.54, 1.807) is 7.11 Å². The quantitative estimate of drug-likeness (QED) is 0.844. The van der Waals surface area contributed by atoms with Gasteiger partial charge in [-0.05, 0) is 31.0 Å². The number of benzene rings is 1. The van der Waals surface area contributed by atoms with Gasteiger partial charge in [-0.25, -0.2) is 0 Å². The lowest BCUT2D eigenvalue weighted by molar-refractivity contribution is -0.123. The molecule has 0 aliphatic carbocycles. The fourth-order valence-electron chi connectivity index (χ4n) is 1.53. The van der Waals surface area contributed by atoms with Crippen molar-refractivity contribution in [3.8, 4) is 0 Å². The molecule has 3 N–H and O–H groups in total. The second kappa shape index (κ2) is 7.51. The van der Waals surface area contributed by atoms with Gasteiger partial charge in [0.25, 0.3) is 0 Å². The summed E-state index contributed by atoms with van der Waals surface area (Å²) in [6, 6.07) is 7.25. The number of hydrogen-bond acceptors (Lipinski definition) is 3. The predicted octanol–water partition coefficient (Wildman–Crippen LogP) is 1.99. The minimum atomic E-state index is -0.525. The zero-order valence-corrected chi connectivity index (χ0v) is 12.2. The molecule has 0 radical (unpaired) electrons. The number of hydrogen-bond donors (Lipinski definition) is 2. The molecule has 4 nitrogen and oxygen atoms in total. The maximum absolute atomic E-state index is 11.8. The van der Waals surface area contributed by atoms with E-state index in [0.717, 1.165) is 10.0 Å². The third kappa shape index (κ3) is 4.76. The Balaban J connectivity index is 2.51. The van der Waals surface area contributed by atoms with Gasteiger partial charge < -0.3 is 15.8 Å². The van der Waals surface area contributed by atoms with E-state index in [0.29, 0.717) is 13.0 Å². The number of methoxy groups -OCH3 is 1. The van der Waals surface area contributed by atoms with Gasteiger partial charge in [0, 0.05) is 18.2 Å². The van der Waals surface area contributed by atoms with Crippen molar-refractivity contribution in [2.75, 3.05) is 13.7 Å². The fourth-order valence-corrected chi connectivity index (χ4v) is 1.80. The molecule has 0 aliphatic heterocycles. The Kier molecular flexibility index (Phi) is 6.32. The number of amides is 1. The normalized spacial score (nSPS) is 14.0. The van der Waals surface area contributed by atoms with Gasteiger partial charge in [0.05, 0.1) is 12.1 Å². The average Bonchev–Trinajstić information content (AvgIpc) is 2.36. The van der Waals surface area contributed by atoms with E-state index in [-0.39, 0.29) is 11.9 Å². The Morgan fingerprint density at radius 3 is 2.61 bits per heavy atom. The summed E-state index contributed by atoms with van der Waals surface area (Å²) in [5.74, 6) is -0.150. The zero-order chi connectivity index (χ0) is 13.5. The summed E-state index contributed by atoms with van der Waals surface area (Å²) in [7, 11) is 1.59. The van der Waals surface area contributed by atoms with Crippen LogP contribution in [0.5, 0.6) is 0 Å². The van der Waals surface area contributed by atoms with Gasteiger partial charge in [-0.15, -0.1) is 0 Å². The van der Waals surface area contributed by atoms with E-state index in [4.69, 9.17) is 10.5 Å². The first-order valence-electron chi connectivity index (χ1n) is 5.85. The maximum atomic E-state index is 11.8. The maximum Gasteiger partial charge on any atom is 0.237 e. The number of ether oxygens (including phenoxy) is 1. The Bertz CT molecular complexity index is 381. The summed E-state index contributed by atoms with van der Waals surface area (Å²) < 4.78 is 5.92. The molecule has 1 amide bonds. The third-order valence-electron chi connectivity index (χ3n) is 2.70. The second-order valence-electron chi connectivity index (χ2n) is 4.17. The molecular formula is C13H19BrN2O2. The fraction of sp³-hybridized carbons (Fsp3) is 0.462. The molecule has 0 saturated heterocycles. The Labute approximate surface area is 116 Å². The third-order valence-corrected chi connectivity index (χ3v) is 3.23. The lowest BCUT2D eigenvalue weighted by atomic mass is 10.1. The Morgan fingerprint density at radius 1 is 1.44 bits per heavy atom. The molecule has 1 rings (SSSR count). The molecular weight excluding hydrogens is 296 g/mol. The van der Waals surface area contributed by atoms with Crippen molar-refractivity contribution in [2.45, 2.75) is 25.4 Å². The van der Waals surface area contributed by atoms with Crippen LogP contribution in [0.3, 0.4) is 0 Å². The van der Waals surface area contributed by atoms with Crippen LogP contribution in [0.15, 0.2) is 28.7 Å². The molecule has 0 bridgehead atoms. The molecule has 0 aliphatic rings. The highest BCUT2D eigenvalue weighted by molar-refractivity contribution is 9.10. The van der Waals surface area contributed by atoms with Gasteiger partial charge in [-0.2, -0.15) is 0 Å². The van der Waals surface area contributed by atoms with Crippen LogP contribution in [0.1, 0.15) is 24.9 Å². The summed E-state index contributed by atoms with van der Waals surface area (Å²) in [6.45, 7) is 2.42. The molecule has 1 unspecified atom stereocenters. The Morgan fingerprint density at radius 2 is 2.06 bits per heavy atom. The van der Waals surface area contributed by atoms with Crippen molar-refractivity contribution in [2.24, 2.45) is 5.73 Å². The van der Waals surface area contributed by atoms with E-state index >= 15 is 0 Å². The highest BCUT2D eigenvalue weighted by atomic mass is 79.9. The van der Waals surface area contributed by atoms with E-state index in [1.165, 1.54) is 0 Å². The minimum absolute atomic E-state index is 0.0563. The van der Waals surface area contributed by atoms with Crippen molar-refractivity contribution in [1.82, 2.24) is 5.32 Å². The standard InChI is InChI=1S/C13H19BrN2O2/c1-9(10-3-5-11(14)6-4-10)16-13(17)12(15)7-8-18-2/h3-6,9,12H,7-8,15H2,1-2H3,(H,16,17)/t9-,12?/m0/s1. The van der Waals surface area contributed by atoms with Crippen molar-refractivity contribution < 1.29 is 9.53 Å². The number of nitrogens with one attached hydrogen (secondary N) is 1. The molecule has 1 aromatic carbocycles. The summed E-state index contributed by atoms with van der Waals surface area (Å²) in [5, 5.41) is 2.89. The van der Waals surface area contributed by atoms with E-state index < -0.39 is 6.04 Å². The molecule has 5 heteroatoms. The van der Waals surface area contributed by atoms with Crippen molar-refractivity contribution in [3.05, 3.63) is 34.3 Å². The monoisotopic (exact) mass is 314 g/mol. The molecule has 0 heterocycles. The lowest BCUT2D eigenvalue weighted by Gasteiger charge is -2.17. The first-order chi connectivity index (χ1) is 8.54. The summed E-state index contributed by atoms with van der Waals surface area (Å²) >= 11 is 3.38. The minimum Gasteiger partial charge on any atom is -0.385 e. The number of nitrogens with two attached hydrogens (primary N) is 1.